The normalized spacial score (nSPS) is 13.9. The van der Waals surface area contributed by atoms with E-state index in [1.165, 1.54) is 0 Å². The van der Waals surface area contributed by atoms with E-state index in [9.17, 15) is 9.59 Å². The first-order valence-electron chi connectivity index (χ1n) is 12.2. The molecule has 0 radical (unpaired) electrons. The van der Waals surface area contributed by atoms with E-state index in [1.54, 1.807) is 12.4 Å². The Bertz CT molecular complexity index is 1650. The molecule has 1 fully saturated rings. The Morgan fingerprint density at radius 3 is 2.62 bits per heavy atom. The third-order valence-electron chi connectivity index (χ3n) is 6.81. The molecule has 0 saturated carbocycles. The molecule has 0 amide bonds. The Morgan fingerprint density at radius 2 is 1.84 bits per heavy atom. The number of aliphatic carboxylic acids is 1. The average Bonchev–Trinajstić information content (AvgIpc) is 3.38. The number of rotatable bonds is 6. The van der Waals surface area contributed by atoms with Crippen LogP contribution in [-0.2, 0) is 11.2 Å². The Kier molecular flexibility index (Phi) is 5.76. The first-order chi connectivity index (χ1) is 18.1. The molecule has 10 heteroatoms. The van der Waals surface area contributed by atoms with Crippen LogP contribution in [0.25, 0.3) is 33.1 Å². The standard InChI is InChI=1S/C27H25N7O3/c35-23(36)7-5-18-16-30-25-24(18)19-15-17(4-6-21(19)31-26(25)37)20-8-10-29-27(32-20)34-13-11-33(12-14-34)22-3-1-2-9-28-22/h1-4,6,8-10,15-16,30H,5,7,11-14H2,(H,31,37)(H,35,36). The van der Waals surface area contributed by atoms with Gasteiger partial charge in [0.05, 0.1) is 5.69 Å². The number of fused-ring (bicyclic) bond motifs is 3. The van der Waals surface area contributed by atoms with E-state index in [-0.39, 0.29) is 12.0 Å². The molecule has 0 aliphatic carbocycles. The van der Waals surface area contributed by atoms with Crippen molar-refractivity contribution in [2.24, 2.45) is 0 Å². The minimum atomic E-state index is -0.876. The zero-order valence-corrected chi connectivity index (χ0v) is 20.0. The van der Waals surface area contributed by atoms with Gasteiger partial charge in [-0.05, 0) is 42.3 Å². The zero-order chi connectivity index (χ0) is 25.4. The molecule has 5 aromatic rings. The second-order valence-electron chi connectivity index (χ2n) is 9.08. The maximum Gasteiger partial charge on any atom is 0.303 e. The van der Waals surface area contributed by atoms with Gasteiger partial charge in [-0.3, -0.25) is 9.59 Å². The zero-order valence-electron chi connectivity index (χ0n) is 20.0. The molecular formula is C27H25N7O3. The summed E-state index contributed by atoms with van der Waals surface area (Å²) >= 11 is 0. The van der Waals surface area contributed by atoms with Crippen molar-refractivity contribution in [1.82, 2.24) is 24.9 Å². The lowest BCUT2D eigenvalue weighted by Gasteiger charge is -2.35. The Labute approximate surface area is 211 Å². The maximum absolute atomic E-state index is 12.6. The van der Waals surface area contributed by atoms with Gasteiger partial charge in [-0.2, -0.15) is 0 Å². The van der Waals surface area contributed by atoms with Gasteiger partial charge in [0.2, 0.25) is 5.95 Å². The predicted molar refractivity (Wildman–Crippen MR) is 142 cm³/mol. The van der Waals surface area contributed by atoms with Crippen LogP contribution in [0.3, 0.4) is 0 Å². The minimum absolute atomic E-state index is 0.0101. The molecule has 1 aliphatic heterocycles. The fraction of sp³-hybridized carbons (Fsp3) is 0.222. The van der Waals surface area contributed by atoms with Crippen molar-refractivity contribution < 1.29 is 9.90 Å². The number of hydrogen-bond donors (Lipinski definition) is 3. The summed E-state index contributed by atoms with van der Waals surface area (Å²) in [6, 6.07) is 13.6. The lowest BCUT2D eigenvalue weighted by atomic mass is 10.0. The topological polar surface area (TPSA) is 131 Å². The van der Waals surface area contributed by atoms with E-state index < -0.39 is 5.97 Å². The number of anilines is 2. The molecule has 186 valence electrons. The van der Waals surface area contributed by atoms with Crippen LogP contribution in [0.2, 0.25) is 0 Å². The van der Waals surface area contributed by atoms with Crippen molar-refractivity contribution in [1.29, 1.82) is 0 Å². The third-order valence-corrected chi connectivity index (χ3v) is 6.81. The van der Waals surface area contributed by atoms with Crippen molar-refractivity contribution in [3.8, 4) is 11.3 Å². The largest absolute Gasteiger partial charge is 0.481 e. The van der Waals surface area contributed by atoms with Gasteiger partial charge in [0.25, 0.3) is 5.56 Å². The number of pyridine rings is 2. The monoisotopic (exact) mass is 495 g/mol. The van der Waals surface area contributed by atoms with E-state index in [1.807, 2.05) is 48.7 Å². The Balaban J connectivity index is 1.31. The highest BCUT2D eigenvalue weighted by Crippen LogP contribution is 2.30. The maximum atomic E-state index is 12.6. The Hall–Kier alpha value is -4.73. The van der Waals surface area contributed by atoms with Gasteiger partial charge in [-0.15, -0.1) is 0 Å². The molecule has 37 heavy (non-hydrogen) atoms. The molecule has 3 N–H and O–H groups in total. The van der Waals surface area contributed by atoms with Gasteiger partial charge in [0.1, 0.15) is 11.3 Å². The van der Waals surface area contributed by atoms with Crippen molar-refractivity contribution in [3.05, 3.63) is 77.0 Å². The van der Waals surface area contributed by atoms with Crippen molar-refractivity contribution >= 4 is 39.5 Å². The molecule has 5 heterocycles. The number of carboxylic acid groups (broad SMARTS) is 1. The van der Waals surface area contributed by atoms with Crippen LogP contribution in [0.5, 0.6) is 0 Å². The quantitative estimate of drug-likeness (QED) is 0.327. The average molecular weight is 496 g/mol. The summed E-state index contributed by atoms with van der Waals surface area (Å²) in [6.07, 6.45) is 5.63. The van der Waals surface area contributed by atoms with Crippen LogP contribution >= 0.6 is 0 Å². The number of nitrogens with one attached hydrogen (secondary N) is 2. The lowest BCUT2D eigenvalue weighted by Crippen LogP contribution is -2.47. The van der Waals surface area contributed by atoms with Crippen LogP contribution in [0.15, 0.2) is 65.8 Å². The lowest BCUT2D eigenvalue weighted by molar-refractivity contribution is -0.136. The highest BCUT2D eigenvalue weighted by molar-refractivity contribution is 6.07. The smallest absolute Gasteiger partial charge is 0.303 e. The summed E-state index contributed by atoms with van der Waals surface area (Å²) in [5.74, 6) is 0.775. The molecule has 0 spiro atoms. The number of aromatic amines is 2. The summed E-state index contributed by atoms with van der Waals surface area (Å²) in [5, 5.41) is 10.7. The Morgan fingerprint density at radius 1 is 1.00 bits per heavy atom. The van der Waals surface area contributed by atoms with Crippen molar-refractivity contribution in [3.63, 3.8) is 0 Å². The van der Waals surface area contributed by atoms with Gasteiger partial charge < -0.3 is 24.9 Å². The summed E-state index contributed by atoms with van der Waals surface area (Å²) in [6.45, 7) is 3.24. The summed E-state index contributed by atoms with van der Waals surface area (Å²) in [7, 11) is 0. The van der Waals surface area contributed by atoms with Crippen LogP contribution in [0.4, 0.5) is 11.8 Å². The second-order valence-corrected chi connectivity index (χ2v) is 9.08. The number of H-pyrrole nitrogens is 2. The van der Waals surface area contributed by atoms with E-state index in [0.29, 0.717) is 23.4 Å². The molecule has 1 aromatic carbocycles. The van der Waals surface area contributed by atoms with Gasteiger partial charge >= 0.3 is 5.97 Å². The number of nitrogens with zero attached hydrogens (tertiary/aromatic N) is 5. The van der Waals surface area contributed by atoms with Crippen LogP contribution in [-0.4, -0.2) is 62.2 Å². The third kappa shape index (κ3) is 4.37. The summed E-state index contributed by atoms with van der Waals surface area (Å²) in [5.41, 5.74) is 3.38. The summed E-state index contributed by atoms with van der Waals surface area (Å²) < 4.78 is 0. The van der Waals surface area contributed by atoms with E-state index in [0.717, 1.165) is 59.6 Å². The van der Waals surface area contributed by atoms with Crippen molar-refractivity contribution in [2.45, 2.75) is 12.8 Å². The predicted octanol–water partition coefficient (Wildman–Crippen LogP) is 3.21. The van der Waals surface area contributed by atoms with Crippen LogP contribution in [0, 0.1) is 0 Å². The number of hydrogen-bond acceptors (Lipinski definition) is 7. The highest BCUT2D eigenvalue weighted by atomic mass is 16.4. The fourth-order valence-corrected chi connectivity index (χ4v) is 4.93. The molecule has 0 atom stereocenters. The van der Waals surface area contributed by atoms with Crippen LogP contribution < -0.4 is 15.4 Å². The minimum Gasteiger partial charge on any atom is -0.481 e. The molecular weight excluding hydrogens is 470 g/mol. The first kappa shape index (κ1) is 22.7. The van der Waals surface area contributed by atoms with E-state index in [4.69, 9.17) is 10.1 Å². The SMILES string of the molecule is O=C(O)CCc1c[nH]c2c(=O)[nH]c3ccc(-c4ccnc(N5CCN(c6ccccn6)CC5)n4)cc3c12. The van der Waals surface area contributed by atoms with Crippen LogP contribution in [0.1, 0.15) is 12.0 Å². The molecule has 0 bridgehead atoms. The van der Waals surface area contributed by atoms with Crippen molar-refractivity contribution in [2.75, 3.05) is 36.0 Å². The van der Waals surface area contributed by atoms with Gasteiger partial charge in [-0.25, -0.2) is 15.0 Å². The van der Waals surface area contributed by atoms with Gasteiger partial charge in [0.15, 0.2) is 0 Å². The molecule has 6 rings (SSSR count). The molecule has 4 aromatic heterocycles. The van der Waals surface area contributed by atoms with E-state index in [2.05, 4.69) is 29.7 Å². The number of carbonyl (C=O) groups is 1. The molecule has 10 nitrogen and oxygen atoms in total. The highest BCUT2D eigenvalue weighted by Gasteiger charge is 2.20. The number of aromatic nitrogens is 5. The number of carboxylic acids is 1. The first-order valence-corrected chi connectivity index (χ1v) is 12.2. The van der Waals surface area contributed by atoms with Gasteiger partial charge in [0, 0.05) is 73.0 Å². The number of aryl methyl sites for hydroxylation is 1. The number of benzene rings is 1. The van der Waals surface area contributed by atoms with Gasteiger partial charge in [-0.1, -0.05) is 12.1 Å². The van der Waals surface area contributed by atoms with E-state index >= 15 is 0 Å². The molecule has 1 saturated heterocycles. The number of piperazine rings is 1. The molecule has 1 aliphatic rings. The second kappa shape index (κ2) is 9.38. The molecule has 0 unspecified atom stereocenters. The summed E-state index contributed by atoms with van der Waals surface area (Å²) in [4.78, 5) is 48.0. The fourth-order valence-electron chi connectivity index (χ4n) is 4.93.